The second-order valence-corrected chi connectivity index (χ2v) is 9.75. The van der Waals surface area contributed by atoms with Crippen LogP contribution < -0.4 is 11.5 Å². The summed E-state index contributed by atoms with van der Waals surface area (Å²) in [6.07, 6.45) is -5.50. The number of ketones is 2. The Balaban J connectivity index is 1.72. The Hall–Kier alpha value is -4.79. The van der Waals surface area contributed by atoms with Crippen molar-refractivity contribution in [3.63, 3.8) is 0 Å². The van der Waals surface area contributed by atoms with Gasteiger partial charge in [0.15, 0.2) is 11.6 Å². The van der Waals surface area contributed by atoms with Crippen molar-refractivity contribution in [2.75, 3.05) is 11.5 Å². The second-order valence-electron chi connectivity index (χ2n) is 9.75. The highest BCUT2D eigenvalue weighted by molar-refractivity contribution is 5.98. The molecular formula is C31H27F3N2O4. The monoisotopic (exact) mass is 548 g/mol. The summed E-state index contributed by atoms with van der Waals surface area (Å²) >= 11 is 0. The summed E-state index contributed by atoms with van der Waals surface area (Å²) in [7, 11) is 0. The summed E-state index contributed by atoms with van der Waals surface area (Å²) in [6, 6.07) is 19.0. The van der Waals surface area contributed by atoms with E-state index in [0.717, 1.165) is 43.3 Å². The zero-order chi connectivity index (χ0) is 29.2. The molecule has 6 nitrogen and oxygen atoms in total. The van der Waals surface area contributed by atoms with Crippen molar-refractivity contribution in [3.05, 3.63) is 118 Å². The zero-order valence-corrected chi connectivity index (χ0v) is 21.5. The van der Waals surface area contributed by atoms with E-state index in [1.165, 1.54) is 48.5 Å². The first-order valence-corrected chi connectivity index (χ1v) is 12.3. The molecule has 0 unspecified atom stereocenters. The Kier molecular flexibility index (Phi) is 7.59. The number of halogens is 3. The maximum atomic E-state index is 14.8. The lowest BCUT2D eigenvalue weighted by molar-refractivity contribution is -0.173. The number of benzene rings is 4. The minimum Gasteiger partial charge on any atom is -0.508 e. The molecule has 4 rings (SSSR count). The van der Waals surface area contributed by atoms with Crippen LogP contribution in [0.25, 0.3) is 0 Å². The van der Waals surface area contributed by atoms with Gasteiger partial charge in [0.25, 0.3) is 0 Å². The van der Waals surface area contributed by atoms with Gasteiger partial charge in [0, 0.05) is 46.5 Å². The Bertz CT molecular complexity index is 1450. The van der Waals surface area contributed by atoms with Crippen molar-refractivity contribution in [1.29, 1.82) is 0 Å². The van der Waals surface area contributed by atoms with Crippen LogP contribution in [0.15, 0.2) is 84.9 Å². The van der Waals surface area contributed by atoms with E-state index in [2.05, 4.69) is 0 Å². The predicted molar refractivity (Wildman–Crippen MR) is 147 cm³/mol. The third-order valence-corrected chi connectivity index (χ3v) is 7.05. The van der Waals surface area contributed by atoms with Gasteiger partial charge in [-0.15, -0.1) is 0 Å². The fraction of sp³-hybridized carbons (Fsp3) is 0.161. The molecule has 4 aromatic carbocycles. The minimum absolute atomic E-state index is 0.0207. The molecule has 0 radical (unpaired) electrons. The van der Waals surface area contributed by atoms with Gasteiger partial charge in [0.2, 0.25) is 0 Å². The van der Waals surface area contributed by atoms with E-state index in [0.29, 0.717) is 22.5 Å². The lowest BCUT2D eigenvalue weighted by atomic mass is 9.74. The summed E-state index contributed by atoms with van der Waals surface area (Å²) < 4.78 is 44.4. The maximum Gasteiger partial charge on any atom is 0.402 e. The van der Waals surface area contributed by atoms with Crippen LogP contribution in [0.4, 0.5) is 24.5 Å². The van der Waals surface area contributed by atoms with Gasteiger partial charge in [-0.05, 0) is 78.7 Å². The number of alkyl halides is 3. The summed E-state index contributed by atoms with van der Waals surface area (Å²) in [6.45, 7) is 0.975. The molecule has 0 aliphatic heterocycles. The molecule has 0 aromatic heterocycles. The number of phenols is 2. The highest BCUT2D eigenvalue weighted by Gasteiger charge is 2.53. The topological polar surface area (TPSA) is 127 Å². The molecule has 0 aliphatic carbocycles. The minimum atomic E-state index is -4.82. The van der Waals surface area contributed by atoms with Crippen molar-refractivity contribution in [2.45, 2.75) is 31.4 Å². The van der Waals surface area contributed by atoms with E-state index in [-0.39, 0.29) is 46.6 Å². The Morgan fingerprint density at radius 3 is 1.32 bits per heavy atom. The zero-order valence-electron chi connectivity index (χ0n) is 21.5. The van der Waals surface area contributed by atoms with Crippen LogP contribution in [0.1, 0.15) is 49.9 Å². The number of phenolic OH excluding ortho intramolecular Hbond substituents is 2. The predicted octanol–water partition coefficient (Wildman–Crippen LogP) is 5.98. The van der Waals surface area contributed by atoms with E-state index in [4.69, 9.17) is 11.5 Å². The average molecular weight is 549 g/mol. The van der Waals surface area contributed by atoms with E-state index in [1.807, 2.05) is 0 Å². The molecule has 0 aliphatic rings. The van der Waals surface area contributed by atoms with E-state index in [1.54, 1.807) is 0 Å². The molecule has 0 saturated heterocycles. The molecule has 0 atom stereocenters. The van der Waals surface area contributed by atoms with Gasteiger partial charge in [-0.2, -0.15) is 13.2 Å². The molecule has 206 valence electrons. The molecule has 0 heterocycles. The molecule has 4 aromatic rings. The number of nitrogens with two attached hydrogens (primary N) is 2. The fourth-order valence-corrected chi connectivity index (χ4v) is 4.46. The van der Waals surface area contributed by atoms with Crippen molar-refractivity contribution >= 4 is 22.9 Å². The summed E-state index contributed by atoms with van der Waals surface area (Å²) in [5.74, 6) is -1.46. The van der Waals surface area contributed by atoms with Crippen LogP contribution in [0, 0.1) is 0 Å². The second kappa shape index (κ2) is 10.8. The summed E-state index contributed by atoms with van der Waals surface area (Å²) in [5, 5.41) is 20.8. The number of anilines is 2. The Morgan fingerprint density at radius 1 is 0.650 bits per heavy atom. The number of aromatic hydroxyl groups is 2. The van der Waals surface area contributed by atoms with Crippen LogP contribution >= 0.6 is 0 Å². The highest BCUT2D eigenvalue weighted by atomic mass is 19.4. The molecule has 6 N–H and O–H groups in total. The number of carbonyl (C=O) groups excluding carboxylic acids is 2. The number of Topliss-reactive ketones (excluding diaryl/α,β-unsaturated/α-hetero) is 2. The molecule has 0 amide bonds. The molecular weight excluding hydrogens is 521 g/mol. The molecule has 0 spiro atoms. The van der Waals surface area contributed by atoms with Crippen molar-refractivity contribution < 1.29 is 33.0 Å². The molecule has 0 fully saturated rings. The van der Waals surface area contributed by atoms with Gasteiger partial charge in [-0.3, -0.25) is 9.59 Å². The number of carbonyl (C=O) groups is 2. The average Bonchev–Trinajstić information content (AvgIpc) is 2.90. The molecule has 0 saturated carbocycles. The number of rotatable bonds is 8. The van der Waals surface area contributed by atoms with Crippen LogP contribution in [0.2, 0.25) is 0 Å². The third kappa shape index (κ3) is 5.63. The largest absolute Gasteiger partial charge is 0.508 e. The number of nitrogen functional groups attached to an aromatic ring is 2. The lowest BCUT2D eigenvalue weighted by Gasteiger charge is -2.34. The normalized spacial score (nSPS) is 11.8. The quantitative estimate of drug-likeness (QED) is 0.158. The van der Waals surface area contributed by atoms with E-state index in [9.17, 15) is 33.0 Å². The van der Waals surface area contributed by atoms with Crippen molar-refractivity contribution in [1.82, 2.24) is 0 Å². The van der Waals surface area contributed by atoms with Crippen molar-refractivity contribution in [3.8, 4) is 11.5 Å². The summed E-state index contributed by atoms with van der Waals surface area (Å²) in [4.78, 5) is 25.6. The number of hydrogen-bond acceptors (Lipinski definition) is 6. The van der Waals surface area contributed by atoms with Gasteiger partial charge < -0.3 is 21.7 Å². The van der Waals surface area contributed by atoms with Crippen molar-refractivity contribution in [2.24, 2.45) is 0 Å². The highest BCUT2D eigenvalue weighted by Crippen LogP contribution is 2.47. The molecule has 40 heavy (non-hydrogen) atoms. The van der Waals surface area contributed by atoms with E-state index >= 15 is 0 Å². The van der Waals surface area contributed by atoms with Gasteiger partial charge in [-0.25, -0.2) is 0 Å². The van der Waals surface area contributed by atoms with Gasteiger partial charge >= 0.3 is 6.18 Å². The van der Waals surface area contributed by atoms with Gasteiger partial charge in [0.1, 0.15) is 16.9 Å². The standard InChI is InChI=1S/C31H27F3N2O4/c1-30(31(32,33)34,22-6-12-26(37)20(14-22)16-28(39)18-2-8-24(35)9-3-18)23-7-13-27(38)21(15-23)17-29(40)19-4-10-25(36)11-5-19/h2-15,37-38H,16-17,35-36H2,1H3. The van der Waals surface area contributed by atoms with Gasteiger partial charge in [-0.1, -0.05) is 24.3 Å². The van der Waals surface area contributed by atoms with Crippen LogP contribution in [-0.4, -0.2) is 28.0 Å². The SMILES string of the molecule is CC(c1ccc(O)c(CC(=O)c2ccc(N)cc2)c1)(c1ccc(O)c(CC(=O)c2ccc(N)cc2)c1)C(F)(F)F. The first-order valence-electron chi connectivity index (χ1n) is 12.3. The lowest BCUT2D eigenvalue weighted by Crippen LogP contribution is -2.40. The maximum absolute atomic E-state index is 14.8. The smallest absolute Gasteiger partial charge is 0.402 e. The van der Waals surface area contributed by atoms with Gasteiger partial charge in [0.05, 0.1) is 0 Å². The molecule has 9 heteroatoms. The third-order valence-electron chi connectivity index (χ3n) is 7.05. The Labute approximate surface area is 228 Å². The summed E-state index contributed by atoms with van der Waals surface area (Å²) in [5.41, 5.74) is 9.79. The first kappa shape index (κ1) is 28.2. The van der Waals surface area contributed by atoms with Crippen LogP contribution in [-0.2, 0) is 18.3 Å². The van der Waals surface area contributed by atoms with Crippen LogP contribution in [0.5, 0.6) is 11.5 Å². The molecule has 0 bridgehead atoms. The van der Waals surface area contributed by atoms with E-state index < -0.39 is 23.2 Å². The Morgan fingerprint density at radius 2 is 1.00 bits per heavy atom. The van der Waals surface area contributed by atoms with Crippen LogP contribution in [0.3, 0.4) is 0 Å². The number of hydrogen-bond donors (Lipinski definition) is 4. The first-order chi connectivity index (χ1) is 18.8. The fourth-order valence-electron chi connectivity index (χ4n) is 4.46.